The van der Waals surface area contributed by atoms with E-state index in [1.165, 1.54) is 0 Å². The van der Waals surface area contributed by atoms with Gasteiger partial charge in [-0.3, -0.25) is 4.98 Å². The number of aryl methyl sites for hydroxylation is 1. The van der Waals surface area contributed by atoms with Crippen molar-refractivity contribution in [3.63, 3.8) is 0 Å². The molecule has 1 heterocycles. The Morgan fingerprint density at radius 2 is 2.30 bits per heavy atom. The van der Waals surface area contributed by atoms with Crippen molar-refractivity contribution in [1.82, 2.24) is 4.98 Å². The van der Waals surface area contributed by atoms with Gasteiger partial charge in [0.2, 0.25) is 0 Å². The average molecular weight is 174 g/mol. The van der Waals surface area contributed by atoms with Gasteiger partial charge in [0.15, 0.2) is 0 Å². The summed E-state index contributed by atoms with van der Waals surface area (Å²) in [7, 11) is 0. The molecule has 1 aromatic rings. The highest BCUT2D eigenvalue weighted by molar-refractivity contribution is 7.98. The minimum Gasteiger partial charge on any atom is -0.260 e. The van der Waals surface area contributed by atoms with Crippen molar-refractivity contribution in [2.75, 3.05) is 6.26 Å². The van der Waals surface area contributed by atoms with E-state index in [2.05, 4.69) is 4.98 Å². The van der Waals surface area contributed by atoms with Gasteiger partial charge in [0.1, 0.15) is 0 Å². The molecule has 0 saturated heterocycles. The smallest absolute Gasteiger partial charge is 0.0575 e. The fourth-order valence-corrected chi connectivity index (χ4v) is 1.80. The second-order valence-electron chi connectivity index (χ2n) is 1.91. The van der Waals surface area contributed by atoms with Gasteiger partial charge in [0.25, 0.3) is 0 Å². The first-order chi connectivity index (χ1) is 4.75. The van der Waals surface area contributed by atoms with E-state index in [1.807, 2.05) is 13.2 Å². The Morgan fingerprint density at radius 3 is 2.70 bits per heavy atom. The van der Waals surface area contributed by atoms with Crippen molar-refractivity contribution in [1.29, 1.82) is 0 Å². The second kappa shape index (κ2) is 3.26. The zero-order chi connectivity index (χ0) is 7.56. The summed E-state index contributed by atoms with van der Waals surface area (Å²) in [6.45, 7) is 1.96. The van der Waals surface area contributed by atoms with Crippen LogP contribution in [0.25, 0.3) is 0 Å². The van der Waals surface area contributed by atoms with Crippen LogP contribution in [0.5, 0.6) is 0 Å². The van der Waals surface area contributed by atoms with Crippen molar-refractivity contribution in [2.24, 2.45) is 0 Å². The summed E-state index contributed by atoms with van der Waals surface area (Å²) in [5, 5.41) is 0.792. The molecular formula is C7H8ClNS. The van der Waals surface area contributed by atoms with Crippen molar-refractivity contribution < 1.29 is 0 Å². The lowest BCUT2D eigenvalue weighted by Crippen LogP contribution is -1.83. The highest BCUT2D eigenvalue weighted by Gasteiger charge is 2.00. The topological polar surface area (TPSA) is 12.9 Å². The van der Waals surface area contributed by atoms with Crippen LogP contribution in [0.2, 0.25) is 5.02 Å². The number of hydrogen-bond donors (Lipinski definition) is 0. The lowest BCUT2D eigenvalue weighted by Gasteiger charge is -2.01. The molecule has 0 atom stereocenters. The number of thioether (sulfide) groups is 1. The summed E-state index contributed by atoms with van der Waals surface area (Å²) >= 11 is 7.50. The van der Waals surface area contributed by atoms with Crippen LogP contribution in [0.4, 0.5) is 0 Å². The van der Waals surface area contributed by atoms with Crippen LogP contribution < -0.4 is 0 Å². The van der Waals surface area contributed by atoms with Crippen LogP contribution in [-0.2, 0) is 0 Å². The molecule has 0 aliphatic heterocycles. The summed E-state index contributed by atoms with van der Waals surface area (Å²) in [4.78, 5) is 5.18. The Bertz CT molecular complexity index is 217. The van der Waals surface area contributed by atoms with E-state index < -0.39 is 0 Å². The molecule has 0 amide bonds. The molecule has 0 aliphatic rings. The maximum Gasteiger partial charge on any atom is 0.0575 e. The molecule has 1 rings (SSSR count). The Morgan fingerprint density at radius 1 is 1.60 bits per heavy atom. The predicted molar refractivity (Wildman–Crippen MR) is 45.8 cm³/mol. The van der Waals surface area contributed by atoms with Crippen LogP contribution in [0.1, 0.15) is 5.69 Å². The molecule has 0 fully saturated rings. The van der Waals surface area contributed by atoms with Crippen molar-refractivity contribution >= 4 is 23.4 Å². The highest BCUT2D eigenvalue weighted by Crippen LogP contribution is 2.26. The molecule has 0 aliphatic carbocycles. The molecule has 1 aromatic heterocycles. The van der Waals surface area contributed by atoms with E-state index in [4.69, 9.17) is 11.6 Å². The maximum atomic E-state index is 5.87. The number of pyridine rings is 1. The normalized spacial score (nSPS) is 9.90. The lowest BCUT2D eigenvalue weighted by atomic mass is 10.4. The summed E-state index contributed by atoms with van der Waals surface area (Å²) in [6, 6.07) is 1.81. The number of hydrogen-bond acceptors (Lipinski definition) is 2. The van der Waals surface area contributed by atoms with Crippen molar-refractivity contribution in [3.8, 4) is 0 Å². The molecule has 3 heteroatoms. The standard InChI is InChI=1S/C7H8ClNS/c1-5-7(10-2)6(8)3-4-9-5/h3-4H,1-2H3. The highest BCUT2D eigenvalue weighted by atomic mass is 35.5. The predicted octanol–water partition coefficient (Wildman–Crippen LogP) is 2.77. The molecule has 54 valence electrons. The number of aromatic nitrogens is 1. The summed E-state index contributed by atoms with van der Waals surface area (Å²) < 4.78 is 0. The van der Waals surface area contributed by atoms with E-state index in [0.29, 0.717) is 0 Å². The quantitative estimate of drug-likeness (QED) is 0.606. The molecule has 0 N–H and O–H groups in total. The second-order valence-corrected chi connectivity index (χ2v) is 3.14. The molecule has 1 nitrogen and oxygen atoms in total. The van der Waals surface area contributed by atoms with Gasteiger partial charge in [-0.1, -0.05) is 11.6 Å². The molecule has 0 unspecified atom stereocenters. The molecule has 0 radical (unpaired) electrons. The van der Waals surface area contributed by atoms with Gasteiger partial charge in [-0.2, -0.15) is 0 Å². The van der Waals surface area contributed by atoms with Gasteiger partial charge in [-0.25, -0.2) is 0 Å². The molecule has 0 bridgehead atoms. The zero-order valence-electron chi connectivity index (χ0n) is 5.89. The Kier molecular flexibility index (Phi) is 2.57. The summed E-state index contributed by atoms with van der Waals surface area (Å²) in [5.41, 5.74) is 1.00. The minimum atomic E-state index is 0.792. The summed E-state index contributed by atoms with van der Waals surface area (Å²) in [6.07, 6.45) is 3.72. The minimum absolute atomic E-state index is 0.792. The third kappa shape index (κ3) is 1.44. The molecule has 0 saturated carbocycles. The SMILES string of the molecule is CSc1c(Cl)ccnc1C. The average Bonchev–Trinajstić information content (AvgIpc) is 1.88. The van der Waals surface area contributed by atoms with Gasteiger partial charge in [-0.05, 0) is 19.2 Å². The Labute approximate surface area is 69.8 Å². The van der Waals surface area contributed by atoms with E-state index in [1.54, 1.807) is 24.0 Å². The first-order valence-corrected chi connectivity index (χ1v) is 4.51. The third-order valence-corrected chi connectivity index (χ3v) is 2.59. The molecule has 0 spiro atoms. The summed E-state index contributed by atoms with van der Waals surface area (Å²) in [5.74, 6) is 0. The van der Waals surface area contributed by atoms with Gasteiger partial charge < -0.3 is 0 Å². The van der Waals surface area contributed by atoms with Crippen LogP contribution in [0.15, 0.2) is 17.2 Å². The molecular weight excluding hydrogens is 166 g/mol. The van der Waals surface area contributed by atoms with E-state index >= 15 is 0 Å². The number of nitrogens with zero attached hydrogens (tertiary/aromatic N) is 1. The van der Waals surface area contributed by atoms with Crippen LogP contribution in [-0.4, -0.2) is 11.2 Å². The van der Waals surface area contributed by atoms with E-state index in [-0.39, 0.29) is 0 Å². The third-order valence-electron chi connectivity index (χ3n) is 1.24. The van der Waals surface area contributed by atoms with Gasteiger partial charge in [-0.15, -0.1) is 11.8 Å². The fraction of sp³-hybridized carbons (Fsp3) is 0.286. The zero-order valence-corrected chi connectivity index (χ0v) is 7.46. The number of rotatable bonds is 1. The molecule has 10 heavy (non-hydrogen) atoms. The van der Waals surface area contributed by atoms with Gasteiger partial charge in [0, 0.05) is 11.1 Å². The lowest BCUT2D eigenvalue weighted by molar-refractivity contribution is 1.12. The van der Waals surface area contributed by atoms with E-state index in [0.717, 1.165) is 15.6 Å². The monoisotopic (exact) mass is 173 g/mol. The van der Waals surface area contributed by atoms with Crippen LogP contribution in [0, 0.1) is 6.92 Å². The maximum absolute atomic E-state index is 5.87. The Balaban J connectivity index is 3.17. The largest absolute Gasteiger partial charge is 0.260 e. The number of halogens is 1. The van der Waals surface area contributed by atoms with Crippen LogP contribution >= 0.6 is 23.4 Å². The Hall–Kier alpha value is -0.210. The van der Waals surface area contributed by atoms with Crippen LogP contribution in [0.3, 0.4) is 0 Å². The first kappa shape index (κ1) is 7.89. The fourth-order valence-electron chi connectivity index (χ4n) is 0.767. The van der Waals surface area contributed by atoms with E-state index in [9.17, 15) is 0 Å². The van der Waals surface area contributed by atoms with Gasteiger partial charge >= 0.3 is 0 Å². The first-order valence-electron chi connectivity index (χ1n) is 2.91. The van der Waals surface area contributed by atoms with Crippen molar-refractivity contribution in [3.05, 3.63) is 23.0 Å². The molecule has 0 aromatic carbocycles. The van der Waals surface area contributed by atoms with Gasteiger partial charge in [0.05, 0.1) is 10.7 Å². The van der Waals surface area contributed by atoms with Crippen molar-refractivity contribution in [2.45, 2.75) is 11.8 Å².